The average Bonchev–Trinajstić information content (AvgIpc) is 2.46. The predicted octanol–water partition coefficient (Wildman–Crippen LogP) is 3.98. The quantitative estimate of drug-likeness (QED) is 0.216. The molecule has 0 N–H and O–H groups in total. The van der Waals surface area contributed by atoms with Crippen molar-refractivity contribution in [2.45, 2.75) is 52.0 Å². The third-order valence-electron chi connectivity index (χ3n) is 2.43. The third kappa shape index (κ3) is 6.00. The number of anilines is 1. The summed E-state index contributed by atoms with van der Waals surface area (Å²) < 4.78 is 83.2. The number of rotatable bonds is 9. The van der Waals surface area contributed by atoms with Crippen LogP contribution in [0.4, 0.5) is 27.7 Å². The van der Waals surface area contributed by atoms with Crippen molar-refractivity contribution in [2.75, 3.05) is 5.12 Å². The van der Waals surface area contributed by atoms with Gasteiger partial charge in [0.2, 0.25) is 0 Å². The van der Waals surface area contributed by atoms with Crippen LogP contribution in [0.3, 0.4) is 0 Å². The molecular weight excluding hydrogens is 353 g/mol. The lowest BCUT2D eigenvalue weighted by atomic mass is 10.3. The van der Waals surface area contributed by atoms with E-state index in [9.17, 15) is 22.0 Å². The van der Waals surface area contributed by atoms with Gasteiger partial charge in [-0.2, -0.15) is 8.78 Å². The van der Waals surface area contributed by atoms with Crippen LogP contribution in [0.2, 0.25) is 0 Å². The third-order valence-corrected chi connectivity index (χ3v) is 3.19. The number of hydrogen-bond donors (Lipinski definition) is 0. The Morgan fingerprint density at radius 3 is 2.08 bits per heavy atom. The van der Waals surface area contributed by atoms with Crippen molar-refractivity contribution in [3.8, 4) is 0 Å². The molecule has 1 rings (SSSR count). The van der Waals surface area contributed by atoms with Gasteiger partial charge in [0.1, 0.15) is 5.69 Å². The van der Waals surface area contributed by atoms with Gasteiger partial charge >= 0.3 is 15.4 Å². The average molecular weight is 371 g/mol. The molecule has 0 saturated carbocycles. The van der Waals surface area contributed by atoms with E-state index in [0.717, 1.165) is 6.07 Å². The predicted molar refractivity (Wildman–Crippen MR) is 78.0 cm³/mol. The van der Waals surface area contributed by atoms with Gasteiger partial charge in [0.15, 0.2) is 11.6 Å². The molecule has 0 aromatic heterocycles. The summed E-state index contributed by atoms with van der Waals surface area (Å²) in [7, 11) is -1.78. The van der Waals surface area contributed by atoms with E-state index in [1.165, 1.54) is 0 Å². The van der Waals surface area contributed by atoms with Gasteiger partial charge in [-0.05, 0) is 39.8 Å². The first kappa shape index (κ1) is 20.8. The summed E-state index contributed by atoms with van der Waals surface area (Å²) >= 11 is 0. The summed E-state index contributed by atoms with van der Waals surface area (Å²) in [5, 5.41) is -1.17. The van der Waals surface area contributed by atoms with Crippen LogP contribution in [-0.4, -0.2) is 34.1 Å². The van der Waals surface area contributed by atoms with Crippen LogP contribution in [-0.2, 0) is 13.9 Å². The van der Waals surface area contributed by atoms with Crippen LogP contribution in [0.1, 0.15) is 27.7 Å². The first-order valence-corrected chi connectivity index (χ1v) is 7.97. The first-order valence-electron chi connectivity index (χ1n) is 7.06. The smallest absolute Gasteiger partial charge is 0.359 e. The van der Waals surface area contributed by atoms with Gasteiger partial charge in [0, 0.05) is 0 Å². The molecule has 0 amide bonds. The van der Waals surface area contributed by atoms with Crippen LogP contribution >= 0.6 is 0 Å². The number of nitrogens with zero attached hydrogens (tertiary/aromatic N) is 1. The lowest BCUT2D eigenvalue weighted by Gasteiger charge is -2.27. The Morgan fingerprint density at radius 1 is 1.04 bits per heavy atom. The second-order valence-electron chi connectivity index (χ2n) is 5.27. The largest absolute Gasteiger partial charge is 0.361 e. The van der Waals surface area contributed by atoms with Crippen molar-refractivity contribution in [1.29, 1.82) is 0 Å². The molecule has 0 spiro atoms. The fourth-order valence-electron chi connectivity index (χ4n) is 1.49. The van der Waals surface area contributed by atoms with Crippen LogP contribution < -0.4 is 5.12 Å². The van der Waals surface area contributed by atoms with Gasteiger partial charge in [-0.1, -0.05) is 10.5 Å². The Bertz CT molecular complexity index is 523. The van der Waals surface area contributed by atoms with Crippen LogP contribution in [0.5, 0.6) is 0 Å². The van der Waals surface area contributed by atoms with Crippen LogP contribution in [0, 0.1) is 11.6 Å². The molecule has 1 aromatic carbocycles. The van der Waals surface area contributed by atoms with Gasteiger partial charge in [0.25, 0.3) is 6.48 Å². The summed E-state index contributed by atoms with van der Waals surface area (Å²) in [5.41, 5.74) is -5.48. The maximum Gasteiger partial charge on any atom is 0.359 e. The molecule has 1 aromatic rings. The molecule has 0 atom stereocenters. The molecule has 136 valence electrons. The van der Waals surface area contributed by atoms with Gasteiger partial charge in [-0.3, -0.25) is 0 Å². The van der Waals surface area contributed by atoms with E-state index < -0.39 is 56.6 Å². The highest BCUT2D eigenvalue weighted by atomic mass is 28.2. The van der Waals surface area contributed by atoms with E-state index in [0.29, 0.717) is 12.1 Å². The number of benzene rings is 1. The molecule has 24 heavy (non-hydrogen) atoms. The van der Waals surface area contributed by atoms with E-state index in [1.54, 1.807) is 27.7 Å². The highest BCUT2D eigenvalue weighted by Gasteiger charge is 2.43. The molecule has 0 saturated heterocycles. The Labute approximate surface area is 139 Å². The number of ether oxygens (including phenoxy) is 2. The second-order valence-corrected chi connectivity index (χ2v) is 6.31. The molecule has 0 unspecified atom stereocenters. The van der Waals surface area contributed by atoms with E-state index in [1.807, 2.05) is 0 Å². The maximum absolute atomic E-state index is 13.9. The second kappa shape index (κ2) is 8.74. The standard InChI is InChI=1S/C14H18F5NO3Si/c1-8(2)21-13(22-9(3)4)23-24-14(17,18)20(19)11-7-5-6-10(15)12(11)16/h5-9,13H,1-4H3. The molecule has 0 bridgehead atoms. The summed E-state index contributed by atoms with van der Waals surface area (Å²) in [5.74, 6) is -3.17. The molecule has 10 heteroatoms. The van der Waals surface area contributed by atoms with Gasteiger partial charge in [-0.25, -0.2) is 8.78 Å². The molecule has 4 nitrogen and oxygen atoms in total. The number of alkyl halides is 2. The molecular formula is C14H18F5NO3Si. The van der Waals surface area contributed by atoms with E-state index in [2.05, 4.69) is 0 Å². The van der Waals surface area contributed by atoms with Crippen molar-refractivity contribution in [2.24, 2.45) is 0 Å². The van der Waals surface area contributed by atoms with Crippen molar-refractivity contribution in [1.82, 2.24) is 0 Å². The minimum Gasteiger partial charge on any atom is -0.361 e. The topological polar surface area (TPSA) is 30.9 Å². The molecule has 0 fully saturated rings. The minimum atomic E-state index is -4.24. The van der Waals surface area contributed by atoms with Gasteiger partial charge in [0.05, 0.1) is 12.2 Å². The SMILES string of the molecule is CC(C)OC(O[Si]C(F)(F)N(F)c1cccc(F)c1F)OC(C)C. The van der Waals surface area contributed by atoms with Crippen molar-refractivity contribution < 1.29 is 35.9 Å². The zero-order valence-electron chi connectivity index (χ0n) is 13.5. The zero-order chi connectivity index (χ0) is 18.5. The Balaban J connectivity index is 2.80. The molecule has 0 aliphatic rings. The summed E-state index contributed by atoms with van der Waals surface area (Å²) in [4.78, 5) is 0. The molecule has 0 aliphatic heterocycles. The molecule has 0 heterocycles. The highest BCUT2D eigenvalue weighted by Crippen LogP contribution is 2.30. The first-order chi connectivity index (χ1) is 11.0. The lowest BCUT2D eigenvalue weighted by molar-refractivity contribution is -0.278. The maximum atomic E-state index is 13.9. The van der Waals surface area contributed by atoms with Gasteiger partial charge < -0.3 is 13.9 Å². The van der Waals surface area contributed by atoms with Crippen molar-refractivity contribution >= 4 is 15.5 Å². The van der Waals surface area contributed by atoms with Gasteiger partial charge in [-0.15, -0.1) is 5.12 Å². The van der Waals surface area contributed by atoms with Crippen molar-refractivity contribution in [3.63, 3.8) is 0 Å². The summed E-state index contributed by atoms with van der Waals surface area (Å²) in [6.45, 7) is 5.07. The van der Waals surface area contributed by atoms with Crippen LogP contribution in [0.15, 0.2) is 18.2 Å². The normalized spacial score (nSPS) is 12.5. The molecule has 2 radical (unpaired) electrons. The van der Waals surface area contributed by atoms with Crippen LogP contribution in [0.25, 0.3) is 0 Å². The summed E-state index contributed by atoms with van der Waals surface area (Å²) in [6.07, 6.45) is -0.788. The number of halogens is 5. The monoisotopic (exact) mass is 371 g/mol. The van der Waals surface area contributed by atoms with E-state index in [-0.39, 0.29) is 0 Å². The Kier molecular flexibility index (Phi) is 7.58. The van der Waals surface area contributed by atoms with E-state index in [4.69, 9.17) is 13.9 Å². The number of hydrogen-bond acceptors (Lipinski definition) is 4. The fraction of sp³-hybridized carbons (Fsp3) is 0.571. The van der Waals surface area contributed by atoms with Crippen molar-refractivity contribution in [3.05, 3.63) is 29.8 Å². The summed E-state index contributed by atoms with van der Waals surface area (Å²) in [6, 6.07) is 2.28. The Hall–Kier alpha value is -1.23. The lowest BCUT2D eigenvalue weighted by Crippen LogP contribution is -2.45. The zero-order valence-corrected chi connectivity index (χ0v) is 14.5. The fourth-order valence-corrected chi connectivity index (χ4v) is 2.04. The Morgan fingerprint density at radius 2 is 1.58 bits per heavy atom. The minimum absolute atomic E-state index is 0.394. The highest BCUT2D eigenvalue weighted by molar-refractivity contribution is 6.31. The van der Waals surface area contributed by atoms with E-state index >= 15 is 0 Å². The molecule has 0 aliphatic carbocycles.